The highest BCUT2D eigenvalue weighted by molar-refractivity contribution is 6.02. The molecule has 0 aliphatic rings. The maximum absolute atomic E-state index is 6.10. The zero-order chi connectivity index (χ0) is 18.9. The molecule has 5 heteroatoms. The van der Waals surface area contributed by atoms with E-state index in [0.29, 0.717) is 6.61 Å². The lowest BCUT2D eigenvalue weighted by Crippen LogP contribution is -2.18. The Morgan fingerprint density at radius 1 is 1.04 bits per heavy atom. The first-order valence-corrected chi connectivity index (χ1v) is 9.24. The van der Waals surface area contributed by atoms with Gasteiger partial charge in [-0.1, -0.05) is 42.5 Å². The van der Waals surface area contributed by atoms with Crippen LogP contribution in [-0.2, 0) is 6.42 Å². The van der Waals surface area contributed by atoms with Gasteiger partial charge < -0.3 is 9.75 Å². The van der Waals surface area contributed by atoms with Crippen molar-refractivity contribution in [1.29, 1.82) is 0 Å². The minimum absolute atomic E-state index is 0.684. The predicted molar refractivity (Wildman–Crippen MR) is 109 cm³/mol. The highest BCUT2D eigenvalue weighted by Gasteiger charge is 2.13. The third kappa shape index (κ3) is 5.45. The van der Waals surface area contributed by atoms with Crippen molar-refractivity contribution in [3.05, 3.63) is 84.4 Å². The molecule has 0 radical (unpaired) electrons. The Bertz CT molecular complexity index is 842. The topological polar surface area (TPSA) is 42.6 Å². The number of aromatic nitrogens is 2. The van der Waals surface area contributed by atoms with E-state index in [1.165, 1.54) is 5.56 Å². The number of para-hydroxylation sites is 1. The zero-order valence-corrected chi connectivity index (χ0v) is 16.0. The first-order valence-electron chi connectivity index (χ1n) is 9.24. The third-order valence-corrected chi connectivity index (χ3v) is 4.13. The number of ether oxygens (including phenoxy) is 1. The van der Waals surface area contributed by atoms with E-state index in [0.717, 1.165) is 36.4 Å². The highest BCUT2D eigenvalue weighted by atomic mass is 16.5. The molecule has 0 aliphatic heterocycles. The number of hydrazone groups is 1. The van der Waals surface area contributed by atoms with Crippen molar-refractivity contribution >= 4 is 5.84 Å². The number of rotatable bonds is 8. The van der Waals surface area contributed by atoms with Crippen LogP contribution in [-0.4, -0.2) is 41.1 Å². The average molecular weight is 362 g/mol. The summed E-state index contributed by atoms with van der Waals surface area (Å²) in [5.41, 5.74) is 2.32. The minimum atomic E-state index is 0.684. The second kappa shape index (κ2) is 9.57. The van der Waals surface area contributed by atoms with Crippen molar-refractivity contribution in [3.63, 3.8) is 0 Å². The van der Waals surface area contributed by atoms with Crippen LogP contribution < -0.4 is 4.74 Å². The van der Waals surface area contributed by atoms with E-state index in [1.807, 2.05) is 49.1 Å². The molecule has 1 aromatic heterocycles. The maximum atomic E-state index is 6.10. The molecule has 0 bridgehead atoms. The Morgan fingerprint density at radius 2 is 1.81 bits per heavy atom. The lowest BCUT2D eigenvalue weighted by molar-refractivity contribution is 0.306. The zero-order valence-electron chi connectivity index (χ0n) is 16.0. The highest BCUT2D eigenvalue weighted by Crippen LogP contribution is 2.20. The number of imidazole rings is 1. The van der Waals surface area contributed by atoms with E-state index < -0.39 is 0 Å². The van der Waals surface area contributed by atoms with Crippen molar-refractivity contribution in [1.82, 2.24) is 14.6 Å². The van der Waals surface area contributed by atoms with Crippen LogP contribution in [0.5, 0.6) is 5.75 Å². The van der Waals surface area contributed by atoms with Crippen molar-refractivity contribution in [2.45, 2.75) is 19.3 Å². The number of benzene rings is 2. The van der Waals surface area contributed by atoms with Gasteiger partial charge in [0, 0.05) is 26.5 Å². The fourth-order valence-electron chi connectivity index (χ4n) is 2.85. The van der Waals surface area contributed by atoms with Gasteiger partial charge >= 0.3 is 0 Å². The number of nitrogens with zero attached hydrogens (tertiary/aromatic N) is 4. The largest absolute Gasteiger partial charge is 0.493 e. The predicted octanol–water partition coefficient (Wildman–Crippen LogP) is 4.06. The van der Waals surface area contributed by atoms with Gasteiger partial charge in [-0.2, -0.15) is 5.10 Å². The lowest BCUT2D eigenvalue weighted by Gasteiger charge is -2.16. The van der Waals surface area contributed by atoms with Gasteiger partial charge in [-0.25, -0.2) is 4.98 Å². The van der Waals surface area contributed by atoms with Crippen molar-refractivity contribution in [3.8, 4) is 5.75 Å². The quantitative estimate of drug-likeness (QED) is 0.263. The van der Waals surface area contributed by atoms with Crippen LogP contribution >= 0.6 is 0 Å². The molecule has 0 spiro atoms. The van der Waals surface area contributed by atoms with Gasteiger partial charge in [0.05, 0.1) is 12.2 Å². The van der Waals surface area contributed by atoms with Gasteiger partial charge in [-0.05, 0) is 37.0 Å². The van der Waals surface area contributed by atoms with Gasteiger partial charge in [0.25, 0.3) is 0 Å². The maximum Gasteiger partial charge on any atom is 0.168 e. The summed E-state index contributed by atoms with van der Waals surface area (Å²) in [6.07, 6.45) is 8.57. The Kier molecular flexibility index (Phi) is 6.63. The van der Waals surface area contributed by atoms with E-state index in [4.69, 9.17) is 4.74 Å². The fraction of sp³-hybridized carbons (Fsp3) is 0.273. The van der Waals surface area contributed by atoms with Gasteiger partial charge in [0.15, 0.2) is 5.84 Å². The SMILES string of the molecule is CN(C)/N=C(/c1ccccc1OCCCCc1ccccc1)n1ccnc1. The second-order valence-electron chi connectivity index (χ2n) is 6.53. The number of hydrogen-bond donors (Lipinski definition) is 0. The second-order valence-corrected chi connectivity index (χ2v) is 6.53. The lowest BCUT2D eigenvalue weighted by atomic mass is 10.1. The first-order chi connectivity index (χ1) is 13.2. The summed E-state index contributed by atoms with van der Waals surface area (Å²) in [6.45, 7) is 0.684. The molecule has 3 rings (SSSR count). The van der Waals surface area contributed by atoms with E-state index in [1.54, 1.807) is 17.5 Å². The van der Waals surface area contributed by atoms with Crippen LogP contribution in [0.15, 0.2) is 78.4 Å². The summed E-state index contributed by atoms with van der Waals surface area (Å²) < 4.78 is 8.00. The molecule has 0 saturated heterocycles. The molecule has 0 saturated carbocycles. The number of aryl methyl sites for hydroxylation is 1. The summed E-state index contributed by atoms with van der Waals surface area (Å²) in [5, 5.41) is 6.41. The Balaban J connectivity index is 1.64. The molecule has 1 heterocycles. The molecular weight excluding hydrogens is 336 g/mol. The van der Waals surface area contributed by atoms with Gasteiger partial charge in [-0.3, -0.25) is 4.57 Å². The van der Waals surface area contributed by atoms with E-state index >= 15 is 0 Å². The van der Waals surface area contributed by atoms with Crippen molar-refractivity contribution in [2.75, 3.05) is 20.7 Å². The molecule has 140 valence electrons. The van der Waals surface area contributed by atoms with Gasteiger partial charge in [-0.15, -0.1) is 0 Å². The summed E-state index contributed by atoms with van der Waals surface area (Å²) in [4.78, 5) is 4.14. The molecule has 0 N–H and O–H groups in total. The summed E-state index contributed by atoms with van der Waals surface area (Å²) >= 11 is 0. The van der Waals surface area contributed by atoms with Gasteiger partial charge in [0.2, 0.25) is 0 Å². The normalized spacial score (nSPS) is 11.4. The molecule has 3 aromatic rings. The molecule has 0 amide bonds. The number of hydrogen-bond acceptors (Lipinski definition) is 4. The summed E-state index contributed by atoms with van der Waals surface area (Å²) in [5.74, 6) is 1.63. The van der Waals surface area contributed by atoms with Crippen LogP contribution in [0.4, 0.5) is 0 Å². The smallest absolute Gasteiger partial charge is 0.168 e. The molecule has 0 unspecified atom stereocenters. The fourth-order valence-corrected chi connectivity index (χ4v) is 2.85. The Labute approximate surface area is 160 Å². The monoisotopic (exact) mass is 362 g/mol. The summed E-state index contributed by atoms with van der Waals surface area (Å²) in [7, 11) is 3.81. The third-order valence-electron chi connectivity index (χ3n) is 4.13. The van der Waals surface area contributed by atoms with Crippen LogP contribution in [0.25, 0.3) is 0 Å². The first kappa shape index (κ1) is 18.7. The molecule has 5 nitrogen and oxygen atoms in total. The summed E-state index contributed by atoms with van der Waals surface area (Å²) in [6, 6.07) is 18.6. The van der Waals surface area contributed by atoms with E-state index in [-0.39, 0.29) is 0 Å². The van der Waals surface area contributed by atoms with Crippen LogP contribution in [0.2, 0.25) is 0 Å². The van der Waals surface area contributed by atoms with Crippen molar-refractivity contribution in [2.24, 2.45) is 5.10 Å². The van der Waals surface area contributed by atoms with E-state index in [9.17, 15) is 0 Å². The minimum Gasteiger partial charge on any atom is -0.493 e. The average Bonchev–Trinajstić information content (AvgIpc) is 3.21. The molecular formula is C22H26N4O. The molecule has 0 fully saturated rings. The van der Waals surface area contributed by atoms with E-state index in [2.05, 4.69) is 40.4 Å². The molecule has 2 aromatic carbocycles. The standard InChI is InChI=1S/C22H26N4O/c1-25(2)24-22(26-16-15-23-18-26)20-13-6-7-14-21(20)27-17-9-8-12-19-10-4-3-5-11-19/h3-7,10-11,13-16,18H,8-9,12,17H2,1-2H3/b24-22-. The molecule has 27 heavy (non-hydrogen) atoms. The Morgan fingerprint density at radius 3 is 2.56 bits per heavy atom. The molecule has 0 atom stereocenters. The van der Waals surface area contributed by atoms with Crippen LogP contribution in [0.3, 0.4) is 0 Å². The van der Waals surface area contributed by atoms with Crippen molar-refractivity contribution < 1.29 is 4.74 Å². The number of unbranched alkanes of at least 4 members (excludes halogenated alkanes) is 1. The Hall–Kier alpha value is -3.08. The van der Waals surface area contributed by atoms with Gasteiger partial charge in [0.1, 0.15) is 12.1 Å². The van der Waals surface area contributed by atoms with Crippen LogP contribution in [0.1, 0.15) is 24.0 Å². The van der Waals surface area contributed by atoms with Crippen LogP contribution in [0, 0.1) is 0 Å². The molecule has 0 aliphatic carbocycles.